The van der Waals surface area contributed by atoms with Gasteiger partial charge in [-0.05, 0) is 48.5 Å². The van der Waals surface area contributed by atoms with E-state index < -0.39 is 0 Å². The molecule has 2 aromatic rings. The van der Waals surface area contributed by atoms with Gasteiger partial charge in [0, 0.05) is 11.8 Å². The van der Waals surface area contributed by atoms with Crippen molar-refractivity contribution >= 4 is 23.0 Å². The Bertz CT molecular complexity index is 783. The van der Waals surface area contributed by atoms with Crippen LogP contribution < -0.4 is 29.6 Å². The van der Waals surface area contributed by atoms with Gasteiger partial charge in [0.2, 0.25) is 0 Å². The van der Waals surface area contributed by atoms with Gasteiger partial charge in [-0.15, -0.1) is 0 Å². The number of nitrogens with one attached hydrogen (secondary N) is 2. The Morgan fingerprint density at radius 1 is 0.852 bits per heavy atom. The van der Waals surface area contributed by atoms with Gasteiger partial charge in [-0.25, -0.2) is 0 Å². The van der Waals surface area contributed by atoms with Gasteiger partial charge < -0.3 is 29.6 Å². The molecule has 0 aromatic heterocycles. The van der Waals surface area contributed by atoms with E-state index in [1.54, 1.807) is 28.4 Å². The fourth-order valence-electron chi connectivity index (χ4n) is 2.73. The molecular formula is C20H26N2O4S. The molecule has 0 spiro atoms. The van der Waals surface area contributed by atoms with Crippen LogP contribution in [0.15, 0.2) is 36.4 Å². The third-order valence-electron chi connectivity index (χ3n) is 4.16. The first-order valence-electron chi connectivity index (χ1n) is 8.57. The van der Waals surface area contributed by atoms with E-state index in [0.717, 1.165) is 17.7 Å². The summed E-state index contributed by atoms with van der Waals surface area (Å²) in [5, 5.41) is 7.04. The fraction of sp³-hybridized carbons (Fsp3) is 0.350. The van der Waals surface area contributed by atoms with Crippen LogP contribution in [0.25, 0.3) is 0 Å². The van der Waals surface area contributed by atoms with Crippen LogP contribution >= 0.6 is 12.2 Å². The van der Waals surface area contributed by atoms with Gasteiger partial charge >= 0.3 is 0 Å². The number of hydrogen-bond donors (Lipinski definition) is 2. The lowest BCUT2D eigenvalue weighted by Gasteiger charge is -2.21. The normalized spacial score (nSPS) is 11.3. The average molecular weight is 391 g/mol. The molecule has 0 radical (unpaired) electrons. The highest BCUT2D eigenvalue weighted by Crippen LogP contribution is 2.32. The smallest absolute Gasteiger partial charge is 0.171 e. The van der Waals surface area contributed by atoms with E-state index in [2.05, 4.69) is 17.6 Å². The quantitative estimate of drug-likeness (QED) is 0.656. The van der Waals surface area contributed by atoms with Crippen LogP contribution in [0, 0.1) is 0 Å². The highest BCUT2D eigenvalue weighted by Gasteiger charge is 2.14. The first-order chi connectivity index (χ1) is 13.1. The van der Waals surface area contributed by atoms with Crippen LogP contribution in [-0.2, 0) is 0 Å². The Labute approximate surface area is 165 Å². The molecule has 0 heterocycles. The van der Waals surface area contributed by atoms with Gasteiger partial charge in [0.15, 0.2) is 28.1 Å². The van der Waals surface area contributed by atoms with Crippen molar-refractivity contribution in [1.29, 1.82) is 0 Å². The summed E-state index contributed by atoms with van der Waals surface area (Å²) < 4.78 is 21.3. The first-order valence-corrected chi connectivity index (χ1v) is 8.98. The predicted molar refractivity (Wildman–Crippen MR) is 111 cm³/mol. The molecule has 0 saturated carbocycles. The zero-order valence-electron chi connectivity index (χ0n) is 16.3. The first kappa shape index (κ1) is 20.6. The second kappa shape index (κ2) is 9.87. The standard InChI is InChI=1S/C20H26N2O4S/c1-6-15(13-7-9-16(23-2)18(11-13)25-4)22-20(27)21-14-8-10-17(24-3)19(12-14)26-5/h7-12,15H,6H2,1-5H3,(H2,21,22,27). The Morgan fingerprint density at radius 3 is 1.96 bits per heavy atom. The number of thiocarbonyl (C=S) groups is 1. The largest absolute Gasteiger partial charge is 0.493 e. The fourth-order valence-corrected chi connectivity index (χ4v) is 2.99. The van der Waals surface area contributed by atoms with E-state index in [1.807, 2.05) is 36.4 Å². The van der Waals surface area contributed by atoms with Crippen molar-refractivity contribution in [2.75, 3.05) is 33.8 Å². The average Bonchev–Trinajstić information content (AvgIpc) is 2.71. The van der Waals surface area contributed by atoms with Crippen molar-refractivity contribution < 1.29 is 18.9 Å². The number of ether oxygens (including phenoxy) is 4. The molecule has 7 heteroatoms. The van der Waals surface area contributed by atoms with Gasteiger partial charge in [0.25, 0.3) is 0 Å². The second-order valence-corrected chi connectivity index (χ2v) is 6.15. The Morgan fingerprint density at radius 2 is 1.41 bits per heavy atom. The zero-order chi connectivity index (χ0) is 19.8. The van der Waals surface area contributed by atoms with Crippen LogP contribution in [0.3, 0.4) is 0 Å². The summed E-state index contributed by atoms with van der Waals surface area (Å²) in [5.74, 6) is 2.69. The van der Waals surface area contributed by atoms with Gasteiger partial charge in [0.1, 0.15) is 0 Å². The van der Waals surface area contributed by atoms with Crippen LogP contribution in [0.5, 0.6) is 23.0 Å². The van der Waals surface area contributed by atoms with Crippen molar-refractivity contribution in [3.8, 4) is 23.0 Å². The highest BCUT2D eigenvalue weighted by molar-refractivity contribution is 7.80. The lowest BCUT2D eigenvalue weighted by Crippen LogP contribution is -2.32. The van der Waals surface area contributed by atoms with Crippen molar-refractivity contribution in [2.24, 2.45) is 0 Å². The number of methoxy groups -OCH3 is 4. The van der Waals surface area contributed by atoms with E-state index in [9.17, 15) is 0 Å². The molecule has 0 bridgehead atoms. The van der Waals surface area contributed by atoms with Crippen LogP contribution in [0.2, 0.25) is 0 Å². The monoisotopic (exact) mass is 390 g/mol. The van der Waals surface area contributed by atoms with E-state index in [0.29, 0.717) is 28.1 Å². The molecule has 2 rings (SSSR count). The maximum absolute atomic E-state index is 5.48. The summed E-state index contributed by atoms with van der Waals surface area (Å²) in [5.41, 5.74) is 1.87. The van der Waals surface area contributed by atoms with Crippen LogP contribution in [0.1, 0.15) is 24.9 Å². The topological polar surface area (TPSA) is 61.0 Å². The molecule has 2 aromatic carbocycles. The highest BCUT2D eigenvalue weighted by atomic mass is 32.1. The summed E-state index contributed by atoms with van der Waals surface area (Å²) in [6.07, 6.45) is 0.850. The van der Waals surface area contributed by atoms with E-state index in [-0.39, 0.29) is 6.04 Å². The molecule has 27 heavy (non-hydrogen) atoms. The summed E-state index contributed by atoms with van der Waals surface area (Å²) >= 11 is 5.48. The summed E-state index contributed by atoms with van der Waals surface area (Å²) in [6, 6.07) is 11.4. The van der Waals surface area contributed by atoms with E-state index in [1.165, 1.54) is 0 Å². The number of hydrogen-bond acceptors (Lipinski definition) is 5. The van der Waals surface area contributed by atoms with E-state index in [4.69, 9.17) is 31.2 Å². The minimum atomic E-state index is 0.0324. The zero-order valence-corrected chi connectivity index (χ0v) is 17.1. The van der Waals surface area contributed by atoms with Crippen molar-refractivity contribution in [3.05, 3.63) is 42.0 Å². The van der Waals surface area contributed by atoms with Crippen LogP contribution in [-0.4, -0.2) is 33.6 Å². The van der Waals surface area contributed by atoms with Crippen molar-refractivity contribution in [2.45, 2.75) is 19.4 Å². The minimum absolute atomic E-state index is 0.0324. The SMILES string of the molecule is CCC(NC(=S)Nc1ccc(OC)c(OC)c1)c1ccc(OC)c(OC)c1. The minimum Gasteiger partial charge on any atom is -0.493 e. The predicted octanol–water partition coefficient (Wildman–Crippen LogP) is 4.16. The molecule has 6 nitrogen and oxygen atoms in total. The van der Waals surface area contributed by atoms with Crippen LogP contribution in [0.4, 0.5) is 5.69 Å². The molecule has 0 aliphatic heterocycles. The van der Waals surface area contributed by atoms with Gasteiger partial charge in [0.05, 0.1) is 34.5 Å². The Hall–Kier alpha value is -2.67. The third-order valence-corrected chi connectivity index (χ3v) is 4.38. The molecule has 0 saturated heterocycles. The van der Waals surface area contributed by atoms with Crippen molar-refractivity contribution in [1.82, 2.24) is 5.32 Å². The maximum atomic E-state index is 5.48. The maximum Gasteiger partial charge on any atom is 0.171 e. The summed E-state index contributed by atoms with van der Waals surface area (Å²) in [7, 11) is 6.45. The Kier molecular flexibility index (Phi) is 7.55. The second-order valence-electron chi connectivity index (χ2n) is 5.74. The molecule has 0 aliphatic rings. The number of rotatable bonds is 8. The van der Waals surface area contributed by atoms with Gasteiger partial charge in [-0.2, -0.15) is 0 Å². The number of benzene rings is 2. The molecule has 146 valence electrons. The lowest BCUT2D eigenvalue weighted by atomic mass is 10.0. The van der Waals surface area contributed by atoms with Crippen molar-refractivity contribution in [3.63, 3.8) is 0 Å². The third kappa shape index (κ3) is 5.17. The molecule has 2 N–H and O–H groups in total. The molecule has 1 unspecified atom stereocenters. The van der Waals surface area contributed by atoms with Gasteiger partial charge in [-0.1, -0.05) is 13.0 Å². The molecular weight excluding hydrogens is 364 g/mol. The Balaban J connectivity index is 2.11. The summed E-state index contributed by atoms with van der Waals surface area (Å²) in [4.78, 5) is 0. The lowest BCUT2D eigenvalue weighted by molar-refractivity contribution is 0.354. The summed E-state index contributed by atoms with van der Waals surface area (Å²) in [6.45, 7) is 2.09. The van der Waals surface area contributed by atoms with Gasteiger partial charge in [-0.3, -0.25) is 0 Å². The molecule has 0 aliphatic carbocycles. The molecule has 0 amide bonds. The molecule has 0 fully saturated rings. The number of anilines is 1. The molecule has 1 atom stereocenters. The van der Waals surface area contributed by atoms with E-state index >= 15 is 0 Å².